The van der Waals surface area contributed by atoms with Crippen molar-refractivity contribution in [1.82, 2.24) is 9.97 Å². The summed E-state index contributed by atoms with van der Waals surface area (Å²) in [5, 5.41) is 12.2. The van der Waals surface area contributed by atoms with Gasteiger partial charge in [-0.1, -0.05) is 84.5 Å². The molecule has 1 N–H and O–H groups in total. The van der Waals surface area contributed by atoms with Gasteiger partial charge < -0.3 is 5.11 Å². The number of benzene rings is 2. The Morgan fingerprint density at radius 3 is 2.17 bits per heavy atom. The number of nitrogens with zero attached hydrogens (tertiary/aromatic N) is 2. The van der Waals surface area contributed by atoms with Crippen LogP contribution in [0.15, 0.2) is 66.7 Å². The van der Waals surface area contributed by atoms with Gasteiger partial charge in [0.05, 0.1) is 5.76 Å². The summed E-state index contributed by atoms with van der Waals surface area (Å²) >= 11 is 0. The number of pyridine rings is 2. The van der Waals surface area contributed by atoms with Crippen LogP contribution in [0.3, 0.4) is 0 Å². The molecule has 4 aromatic rings. The van der Waals surface area contributed by atoms with Gasteiger partial charge in [-0.15, -0.1) is 29.1 Å². The Morgan fingerprint density at radius 1 is 0.870 bits per heavy atom. The number of aromatic nitrogens is 2. The molecule has 0 aliphatic heterocycles. The second-order valence-electron chi connectivity index (χ2n) is 12.9. The molecule has 4 nitrogen and oxygen atoms in total. The summed E-state index contributed by atoms with van der Waals surface area (Å²) in [4.78, 5) is 21.3. The minimum atomic E-state index is 0. The first-order chi connectivity index (χ1) is 21.6. The third-order valence-corrected chi connectivity index (χ3v) is 9.36. The zero-order valence-corrected chi connectivity index (χ0v) is 31.3. The fourth-order valence-corrected chi connectivity index (χ4v) is 6.41. The molecule has 0 amide bonds. The molecule has 0 fully saturated rings. The largest absolute Gasteiger partial charge is 0.512 e. The van der Waals surface area contributed by atoms with Crippen LogP contribution >= 0.6 is 0 Å². The van der Waals surface area contributed by atoms with Crippen molar-refractivity contribution in [2.24, 2.45) is 11.8 Å². The van der Waals surface area contributed by atoms with Crippen LogP contribution in [-0.2, 0) is 37.7 Å². The molecule has 46 heavy (non-hydrogen) atoms. The van der Waals surface area contributed by atoms with Gasteiger partial charge in [0, 0.05) is 67.4 Å². The van der Waals surface area contributed by atoms with Crippen molar-refractivity contribution in [1.29, 1.82) is 0 Å². The fourth-order valence-electron chi connectivity index (χ4n) is 6.41. The van der Waals surface area contributed by atoms with Gasteiger partial charge in [0.1, 0.15) is 0 Å². The van der Waals surface area contributed by atoms with Crippen molar-refractivity contribution < 1.29 is 30.0 Å². The number of hydrogen-bond acceptors (Lipinski definition) is 4. The fraction of sp³-hybridized carbons (Fsp3) is 0.439. The predicted octanol–water partition coefficient (Wildman–Crippen LogP) is 11.0. The van der Waals surface area contributed by atoms with Crippen molar-refractivity contribution in [3.63, 3.8) is 0 Å². The van der Waals surface area contributed by atoms with E-state index in [0.29, 0.717) is 11.8 Å². The van der Waals surface area contributed by atoms with E-state index in [1.807, 2.05) is 33.9 Å². The summed E-state index contributed by atoms with van der Waals surface area (Å²) in [5.41, 5.74) is 9.97. The number of aryl methyl sites for hydroxylation is 1. The molecule has 1 aliphatic rings. The smallest absolute Gasteiger partial charge is 0.162 e. The summed E-state index contributed by atoms with van der Waals surface area (Å²) in [6.45, 7) is 17.0. The second kappa shape index (κ2) is 17.1. The Morgan fingerprint density at radius 2 is 1.54 bits per heavy atom. The molecule has 1 radical (unpaired) electrons. The molecule has 2 aromatic heterocycles. The molecule has 0 saturated carbocycles. The topological polar surface area (TPSA) is 63.1 Å². The molecule has 0 atom stereocenters. The van der Waals surface area contributed by atoms with Crippen LogP contribution in [0.4, 0.5) is 0 Å². The van der Waals surface area contributed by atoms with Gasteiger partial charge in [-0.2, -0.15) is 0 Å². The Balaban J connectivity index is 0.000000309. The number of aliphatic hydroxyl groups excluding tert-OH is 1. The van der Waals surface area contributed by atoms with Crippen molar-refractivity contribution >= 4 is 16.6 Å². The molecule has 0 saturated heterocycles. The minimum Gasteiger partial charge on any atom is -0.512 e. The van der Waals surface area contributed by atoms with E-state index >= 15 is 0 Å². The Hall–Kier alpha value is -3.14. The molecule has 247 valence electrons. The van der Waals surface area contributed by atoms with Gasteiger partial charge in [0.2, 0.25) is 0 Å². The number of allylic oxidation sites excluding steroid dienone is 2. The predicted molar refractivity (Wildman–Crippen MR) is 189 cm³/mol. The third kappa shape index (κ3) is 8.41. The molecule has 1 aliphatic carbocycles. The van der Waals surface area contributed by atoms with Gasteiger partial charge in [-0.3, -0.25) is 14.8 Å². The van der Waals surface area contributed by atoms with E-state index in [2.05, 4.69) is 82.4 Å². The second-order valence-corrected chi connectivity index (χ2v) is 12.9. The average molecular weight is 796 g/mol. The summed E-state index contributed by atoms with van der Waals surface area (Å²) in [5.74, 6) is 1.44. The van der Waals surface area contributed by atoms with Crippen molar-refractivity contribution in [2.45, 2.75) is 106 Å². The zero-order valence-electron chi connectivity index (χ0n) is 28.9. The van der Waals surface area contributed by atoms with Gasteiger partial charge in [0.15, 0.2) is 5.78 Å². The maximum atomic E-state index is 11.7. The van der Waals surface area contributed by atoms with E-state index in [1.54, 1.807) is 0 Å². The van der Waals surface area contributed by atoms with Crippen molar-refractivity contribution in [2.75, 3.05) is 0 Å². The van der Waals surface area contributed by atoms with E-state index in [9.17, 15) is 9.90 Å². The molecule has 5 heteroatoms. The Kier molecular flexibility index (Phi) is 13.9. The van der Waals surface area contributed by atoms with E-state index in [-0.39, 0.29) is 43.5 Å². The normalized spacial score (nSPS) is 12.6. The maximum Gasteiger partial charge on any atom is 0.162 e. The first-order valence-corrected chi connectivity index (χ1v) is 17.0. The first kappa shape index (κ1) is 37.3. The van der Waals surface area contributed by atoms with Gasteiger partial charge >= 0.3 is 0 Å². The van der Waals surface area contributed by atoms with Crippen LogP contribution in [0.2, 0.25) is 0 Å². The average Bonchev–Trinajstić information content (AvgIpc) is 3.04. The quantitative estimate of drug-likeness (QED) is 0.0986. The number of hydrogen-bond donors (Lipinski definition) is 1. The van der Waals surface area contributed by atoms with Crippen LogP contribution in [0.1, 0.15) is 115 Å². The number of carbonyl (C=O) groups excluding carboxylic acids is 1. The molecule has 5 rings (SSSR count). The van der Waals surface area contributed by atoms with Crippen molar-refractivity contribution in [3.05, 3.63) is 95.1 Å². The Labute approximate surface area is 290 Å². The minimum absolute atomic E-state index is 0. The first-order valence-electron chi connectivity index (χ1n) is 17.0. The Bertz CT molecular complexity index is 1650. The van der Waals surface area contributed by atoms with Gasteiger partial charge in [-0.05, 0) is 79.2 Å². The maximum absolute atomic E-state index is 11.7. The van der Waals surface area contributed by atoms with Crippen LogP contribution < -0.4 is 0 Å². The standard InChI is InChI=1S/C28H27N2.C13H24O2.Ir/c1-17(2)25-14-21(13-19-7-5-6-8-22(19)25)28-24-10-9-20-15-27(18(3)4)30-16-26(20)23(24)11-12-29-28;1-5-10(6-2)12(14)9-13(15)11(7-3)8-4;/h5-8,11-12,14-18H,9-10H2,1-4H3;9-11,14H,5-8H2,1-4H3;/q-1;;/b;12-9-;. The van der Waals surface area contributed by atoms with E-state index in [1.165, 1.54) is 45.0 Å². The summed E-state index contributed by atoms with van der Waals surface area (Å²) < 4.78 is 0. The third-order valence-electron chi connectivity index (χ3n) is 9.36. The SMILES string of the molecule is CC(C)c1cc2c(cn1)-c1ccnc(-c3[c-]c4ccccc4c(C(C)C)c3)c1CC2.CCC(CC)C(=O)/C=C(\O)C(CC)CC.[Ir]. The molecule has 0 spiro atoms. The molecular formula is C41H51IrN2O2-. The molecule has 2 aromatic carbocycles. The summed E-state index contributed by atoms with van der Waals surface area (Å²) in [6.07, 6.45) is 11.0. The van der Waals surface area contributed by atoms with Crippen LogP contribution in [0.25, 0.3) is 33.2 Å². The number of ketones is 1. The molecule has 2 heterocycles. The van der Waals surface area contributed by atoms with E-state index < -0.39 is 0 Å². The van der Waals surface area contributed by atoms with Crippen LogP contribution in [0.5, 0.6) is 0 Å². The number of carbonyl (C=O) groups is 1. The van der Waals surface area contributed by atoms with Gasteiger partial charge in [0.25, 0.3) is 0 Å². The molecular weight excluding hydrogens is 745 g/mol. The zero-order chi connectivity index (χ0) is 32.7. The van der Waals surface area contributed by atoms with E-state index in [4.69, 9.17) is 9.97 Å². The number of aliphatic hydroxyl groups is 1. The molecule has 0 unspecified atom stereocenters. The molecule has 0 bridgehead atoms. The van der Waals surface area contributed by atoms with Crippen molar-refractivity contribution in [3.8, 4) is 22.4 Å². The van der Waals surface area contributed by atoms with Crippen LogP contribution in [-0.4, -0.2) is 20.9 Å². The van der Waals surface area contributed by atoms with Gasteiger partial charge in [-0.25, -0.2) is 0 Å². The van der Waals surface area contributed by atoms with E-state index in [0.717, 1.165) is 55.2 Å². The number of fused-ring (bicyclic) bond motifs is 4. The summed E-state index contributed by atoms with van der Waals surface area (Å²) in [6, 6.07) is 19.0. The van der Waals surface area contributed by atoms with Crippen LogP contribution in [0, 0.1) is 17.9 Å². The summed E-state index contributed by atoms with van der Waals surface area (Å²) in [7, 11) is 0. The number of rotatable bonds is 10. The monoisotopic (exact) mass is 796 g/mol.